The molecule has 0 saturated heterocycles. The summed E-state index contributed by atoms with van der Waals surface area (Å²) in [6.45, 7) is 0.277. The lowest BCUT2D eigenvalue weighted by molar-refractivity contribution is -0.116. The maximum absolute atomic E-state index is 12.2. The van der Waals surface area contributed by atoms with E-state index in [9.17, 15) is 9.90 Å². The molecule has 0 radical (unpaired) electrons. The number of benzene rings is 1. The van der Waals surface area contributed by atoms with Crippen molar-refractivity contribution in [3.8, 4) is 27.4 Å². The Morgan fingerprint density at radius 1 is 1.29 bits per heavy atom. The average molecular weight is 512 g/mol. The Morgan fingerprint density at radius 2 is 2.09 bits per heavy atom. The second kappa shape index (κ2) is 9.23. The number of amides is 1. The molecule has 1 aliphatic carbocycles. The van der Waals surface area contributed by atoms with E-state index in [1.807, 2.05) is 38.4 Å². The van der Waals surface area contributed by atoms with Gasteiger partial charge in [0.25, 0.3) is 0 Å². The number of nitrogens with one attached hydrogen (secondary N) is 2. The fourth-order valence-corrected chi connectivity index (χ4v) is 5.67. The Bertz CT molecular complexity index is 1410. The maximum Gasteiger partial charge on any atom is 0.238 e. The van der Waals surface area contributed by atoms with Gasteiger partial charge < -0.3 is 25.0 Å². The molecule has 35 heavy (non-hydrogen) atoms. The van der Waals surface area contributed by atoms with Crippen LogP contribution in [-0.4, -0.2) is 58.6 Å². The molecule has 3 aromatic heterocycles. The number of aromatic amines is 1. The van der Waals surface area contributed by atoms with Crippen molar-refractivity contribution in [2.45, 2.75) is 24.9 Å². The zero-order chi connectivity index (χ0) is 24.7. The monoisotopic (exact) mass is 511 g/mol. The van der Waals surface area contributed by atoms with Crippen LogP contribution in [0.25, 0.3) is 32.7 Å². The predicted molar refractivity (Wildman–Crippen MR) is 139 cm³/mol. The van der Waals surface area contributed by atoms with E-state index in [1.165, 1.54) is 11.3 Å². The lowest BCUT2D eigenvalue weighted by Crippen LogP contribution is -2.33. The third-order valence-corrected chi connectivity index (χ3v) is 7.68. The number of fused-ring (bicyclic) bond motifs is 1. The zero-order valence-corrected chi connectivity index (χ0v) is 21.3. The van der Waals surface area contributed by atoms with E-state index in [4.69, 9.17) is 16.3 Å². The minimum Gasteiger partial charge on any atom is -0.495 e. The topological polar surface area (TPSA) is 103 Å². The summed E-state index contributed by atoms with van der Waals surface area (Å²) in [5, 5.41) is 15.7. The summed E-state index contributed by atoms with van der Waals surface area (Å²) in [5.74, 6) is 0.436. The molecule has 1 saturated carbocycles. The van der Waals surface area contributed by atoms with E-state index in [1.54, 1.807) is 24.4 Å². The molecule has 182 valence electrons. The summed E-state index contributed by atoms with van der Waals surface area (Å²) in [7, 11) is 5.25. The summed E-state index contributed by atoms with van der Waals surface area (Å²) in [4.78, 5) is 27.2. The smallest absolute Gasteiger partial charge is 0.238 e. The number of H-pyrrole nitrogens is 1. The first kappa shape index (κ1) is 23.7. The Morgan fingerprint density at radius 3 is 2.77 bits per heavy atom. The molecule has 8 nitrogen and oxygen atoms in total. The lowest BCUT2D eigenvalue weighted by atomic mass is 9.81. The van der Waals surface area contributed by atoms with E-state index < -0.39 is 5.60 Å². The van der Waals surface area contributed by atoms with Crippen molar-refractivity contribution in [3.63, 3.8) is 0 Å². The standard InChI is InChI=1S/C25H26ClN5O3S/c1-31(2)13-21(32)29-17-6-5-14(9-19(17)34-3)18-10-15-22(16(26)11-27-23(15)30-18)20-12-28-24(35-20)25(33)7-4-8-25/h5-6,9-12,33H,4,7-8,13H2,1-3H3,(H,27,30)(H,29,32). The highest BCUT2D eigenvalue weighted by Gasteiger charge is 2.39. The quantitative estimate of drug-likeness (QED) is 0.326. The molecule has 1 aliphatic rings. The number of ether oxygens (including phenoxy) is 1. The second-order valence-electron chi connectivity index (χ2n) is 9.04. The van der Waals surface area contributed by atoms with Gasteiger partial charge in [-0.2, -0.15) is 0 Å². The van der Waals surface area contributed by atoms with Gasteiger partial charge in [-0.15, -0.1) is 11.3 Å². The second-order valence-corrected chi connectivity index (χ2v) is 10.5. The first-order chi connectivity index (χ1) is 16.8. The Hall–Kier alpha value is -2.98. The maximum atomic E-state index is 12.2. The van der Waals surface area contributed by atoms with Gasteiger partial charge in [0.1, 0.15) is 22.0 Å². The van der Waals surface area contributed by atoms with Crippen molar-refractivity contribution in [2.75, 3.05) is 33.1 Å². The van der Waals surface area contributed by atoms with Crippen molar-refractivity contribution in [3.05, 3.63) is 46.7 Å². The number of nitrogens with zero attached hydrogens (tertiary/aromatic N) is 3. The molecule has 0 atom stereocenters. The van der Waals surface area contributed by atoms with Crippen molar-refractivity contribution < 1.29 is 14.6 Å². The van der Waals surface area contributed by atoms with Crippen LogP contribution in [0.3, 0.4) is 0 Å². The highest BCUT2D eigenvalue weighted by molar-refractivity contribution is 7.15. The van der Waals surface area contributed by atoms with Crippen molar-refractivity contribution >= 4 is 45.6 Å². The van der Waals surface area contributed by atoms with Crippen LogP contribution in [0.15, 0.2) is 36.7 Å². The number of carbonyl (C=O) groups is 1. The number of aliphatic hydroxyl groups is 1. The van der Waals surface area contributed by atoms with E-state index >= 15 is 0 Å². The van der Waals surface area contributed by atoms with E-state index in [2.05, 4.69) is 20.3 Å². The minimum atomic E-state index is -0.814. The number of halogens is 1. The first-order valence-corrected chi connectivity index (χ1v) is 12.5. The van der Waals surface area contributed by atoms with Crippen molar-refractivity contribution in [2.24, 2.45) is 0 Å². The number of hydrogen-bond donors (Lipinski definition) is 3. The molecule has 4 aromatic rings. The van der Waals surface area contributed by atoms with E-state index in [0.717, 1.165) is 51.4 Å². The highest BCUT2D eigenvalue weighted by atomic mass is 35.5. The molecular formula is C25H26ClN5O3S. The van der Waals surface area contributed by atoms with Gasteiger partial charge >= 0.3 is 0 Å². The van der Waals surface area contributed by atoms with Crippen molar-refractivity contribution in [1.29, 1.82) is 0 Å². The Labute approximate surface area is 211 Å². The zero-order valence-electron chi connectivity index (χ0n) is 19.7. The number of likely N-dealkylation sites (N-methyl/N-ethyl adjacent to an activating group) is 1. The van der Waals surface area contributed by atoms with Crippen LogP contribution in [0.4, 0.5) is 5.69 Å². The van der Waals surface area contributed by atoms with Crippen LogP contribution in [-0.2, 0) is 10.4 Å². The molecule has 1 aromatic carbocycles. The number of aromatic nitrogens is 3. The van der Waals surface area contributed by atoms with Crippen LogP contribution in [0.1, 0.15) is 24.3 Å². The molecule has 3 heterocycles. The Balaban J connectivity index is 1.50. The first-order valence-electron chi connectivity index (χ1n) is 11.3. The van der Waals surface area contributed by atoms with Gasteiger partial charge in [-0.1, -0.05) is 17.7 Å². The normalized spacial score (nSPS) is 14.8. The Kier molecular flexibility index (Phi) is 6.27. The summed E-state index contributed by atoms with van der Waals surface area (Å²) in [6, 6.07) is 7.61. The van der Waals surface area contributed by atoms with Gasteiger partial charge in [-0.3, -0.25) is 4.79 Å². The van der Waals surface area contributed by atoms with E-state index in [0.29, 0.717) is 22.1 Å². The molecule has 3 N–H and O–H groups in total. The lowest BCUT2D eigenvalue weighted by Gasteiger charge is -2.34. The third-order valence-electron chi connectivity index (χ3n) is 6.19. The predicted octanol–water partition coefficient (Wildman–Crippen LogP) is 4.89. The molecular weight excluding hydrogens is 486 g/mol. The van der Waals surface area contributed by atoms with Crippen LogP contribution in [0.2, 0.25) is 5.02 Å². The largest absolute Gasteiger partial charge is 0.495 e. The van der Waals surface area contributed by atoms with Gasteiger partial charge in [0, 0.05) is 34.6 Å². The number of rotatable bonds is 7. The van der Waals surface area contributed by atoms with Crippen LogP contribution < -0.4 is 10.1 Å². The fourth-order valence-electron chi connectivity index (χ4n) is 4.23. The number of thiazole rings is 1. The third kappa shape index (κ3) is 4.52. The van der Waals surface area contributed by atoms with Gasteiger partial charge in [0.15, 0.2) is 0 Å². The van der Waals surface area contributed by atoms with Gasteiger partial charge in [0.05, 0.1) is 29.2 Å². The number of hydrogen-bond acceptors (Lipinski definition) is 7. The molecule has 0 bridgehead atoms. The molecule has 10 heteroatoms. The summed E-state index contributed by atoms with van der Waals surface area (Å²) >= 11 is 8.06. The van der Waals surface area contributed by atoms with E-state index in [-0.39, 0.29) is 12.5 Å². The van der Waals surface area contributed by atoms with Gasteiger partial charge in [0.2, 0.25) is 5.91 Å². The van der Waals surface area contributed by atoms with Crippen LogP contribution in [0, 0.1) is 0 Å². The molecule has 5 rings (SSSR count). The van der Waals surface area contributed by atoms with Gasteiger partial charge in [-0.05, 0) is 51.6 Å². The number of anilines is 1. The summed E-state index contributed by atoms with van der Waals surface area (Å²) in [5.41, 5.74) is 3.03. The molecule has 1 amide bonds. The van der Waals surface area contributed by atoms with Crippen LogP contribution >= 0.6 is 22.9 Å². The molecule has 0 spiro atoms. The molecule has 0 unspecified atom stereocenters. The molecule has 1 fully saturated rings. The number of pyridine rings is 1. The summed E-state index contributed by atoms with van der Waals surface area (Å²) in [6.07, 6.45) is 5.88. The SMILES string of the molecule is COc1cc(-c2cc3c(-c4cnc(C5(O)CCC5)s4)c(Cl)cnc3[nH]2)ccc1NC(=O)CN(C)C. The minimum absolute atomic E-state index is 0.120. The van der Waals surface area contributed by atoms with Crippen molar-refractivity contribution in [1.82, 2.24) is 19.9 Å². The fraction of sp³-hybridized carbons (Fsp3) is 0.320. The highest BCUT2D eigenvalue weighted by Crippen LogP contribution is 2.46. The molecule has 0 aliphatic heterocycles. The average Bonchev–Trinajstić information content (AvgIpc) is 3.45. The summed E-state index contributed by atoms with van der Waals surface area (Å²) < 4.78 is 5.54. The van der Waals surface area contributed by atoms with Crippen LogP contribution in [0.5, 0.6) is 5.75 Å². The number of carbonyl (C=O) groups excluding carboxylic acids is 1. The van der Waals surface area contributed by atoms with Gasteiger partial charge in [-0.25, -0.2) is 9.97 Å². The number of methoxy groups -OCH3 is 1.